The molecule has 2 aliphatic rings. The van der Waals surface area contributed by atoms with Gasteiger partial charge in [0.1, 0.15) is 11.6 Å². The Labute approximate surface area is 188 Å². The van der Waals surface area contributed by atoms with Gasteiger partial charge in [-0.1, -0.05) is 0 Å². The third-order valence-electron chi connectivity index (χ3n) is 6.85. The highest BCUT2D eigenvalue weighted by atomic mass is 16.5. The maximum atomic E-state index is 13.3. The van der Waals surface area contributed by atoms with Crippen LogP contribution in [0.3, 0.4) is 0 Å². The van der Waals surface area contributed by atoms with E-state index in [1.165, 1.54) is 6.20 Å². The van der Waals surface area contributed by atoms with Gasteiger partial charge in [0, 0.05) is 32.0 Å². The van der Waals surface area contributed by atoms with E-state index in [1.54, 1.807) is 18.9 Å². The van der Waals surface area contributed by atoms with Gasteiger partial charge in [0.05, 0.1) is 30.7 Å². The molecule has 1 aromatic carbocycles. The van der Waals surface area contributed by atoms with Crippen LogP contribution in [0.5, 0.6) is 5.75 Å². The molecule has 2 aromatic rings. The summed E-state index contributed by atoms with van der Waals surface area (Å²) in [4.78, 5) is 28.3. The van der Waals surface area contributed by atoms with Crippen LogP contribution in [-0.2, 0) is 9.53 Å². The molecule has 0 spiro atoms. The quantitative estimate of drug-likeness (QED) is 0.693. The van der Waals surface area contributed by atoms with Gasteiger partial charge in [-0.15, -0.1) is 0 Å². The number of carbonyl (C=O) groups excluding carboxylic acids is 2. The Morgan fingerprint density at radius 2 is 1.75 bits per heavy atom. The average molecular weight is 441 g/mol. The lowest BCUT2D eigenvalue weighted by molar-refractivity contribution is -0.138. The van der Waals surface area contributed by atoms with Crippen LogP contribution in [0.2, 0.25) is 0 Å². The zero-order valence-corrected chi connectivity index (χ0v) is 18.8. The molecule has 1 amide bonds. The minimum Gasteiger partial charge on any atom is -0.497 e. The number of benzene rings is 1. The summed E-state index contributed by atoms with van der Waals surface area (Å²) in [6, 6.07) is 7.33. The molecule has 0 radical (unpaired) electrons. The lowest BCUT2D eigenvalue weighted by Gasteiger charge is -2.36. The van der Waals surface area contributed by atoms with Crippen molar-refractivity contribution < 1.29 is 19.1 Å². The number of nitrogens with zero attached hydrogens (tertiary/aromatic N) is 3. The van der Waals surface area contributed by atoms with Crippen molar-refractivity contribution in [2.45, 2.75) is 44.6 Å². The van der Waals surface area contributed by atoms with Gasteiger partial charge in [0.2, 0.25) is 5.91 Å². The molecule has 172 valence electrons. The van der Waals surface area contributed by atoms with Crippen LogP contribution in [0.4, 0.5) is 5.82 Å². The number of hydrogen-bond acceptors (Lipinski definition) is 6. The van der Waals surface area contributed by atoms with Crippen molar-refractivity contribution in [3.05, 3.63) is 36.0 Å². The van der Waals surface area contributed by atoms with E-state index in [4.69, 9.17) is 15.2 Å². The fourth-order valence-electron chi connectivity index (χ4n) is 4.89. The van der Waals surface area contributed by atoms with Gasteiger partial charge in [0.25, 0.3) is 0 Å². The highest BCUT2D eigenvalue weighted by molar-refractivity contribution is 6.02. The predicted molar refractivity (Wildman–Crippen MR) is 121 cm³/mol. The molecule has 8 nitrogen and oxygen atoms in total. The molecule has 1 aromatic heterocycles. The zero-order valence-electron chi connectivity index (χ0n) is 18.8. The molecule has 1 saturated carbocycles. The van der Waals surface area contributed by atoms with Crippen molar-refractivity contribution in [1.29, 1.82) is 0 Å². The van der Waals surface area contributed by atoms with Crippen LogP contribution in [0.25, 0.3) is 5.69 Å². The van der Waals surface area contributed by atoms with Gasteiger partial charge >= 0.3 is 0 Å². The Balaban J connectivity index is 1.43. The Bertz CT molecular complexity index is 947. The first-order chi connectivity index (χ1) is 15.5. The van der Waals surface area contributed by atoms with Crippen LogP contribution in [0, 0.1) is 11.8 Å². The highest BCUT2D eigenvalue weighted by Gasteiger charge is 2.35. The molecular weight excluding hydrogens is 408 g/mol. The smallest absolute Gasteiger partial charge is 0.225 e. The highest BCUT2D eigenvalue weighted by Crippen LogP contribution is 2.30. The molecular formula is C24H32N4O4. The number of ketones is 1. The lowest BCUT2D eigenvalue weighted by atomic mass is 9.85. The monoisotopic (exact) mass is 440 g/mol. The second-order valence-electron chi connectivity index (χ2n) is 8.75. The molecule has 1 atom stereocenters. The number of piperidine rings is 1. The third-order valence-corrected chi connectivity index (χ3v) is 6.85. The molecule has 2 N–H and O–H groups in total. The maximum Gasteiger partial charge on any atom is 0.225 e. The Morgan fingerprint density at radius 1 is 1.03 bits per heavy atom. The van der Waals surface area contributed by atoms with Gasteiger partial charge in [-0.05, 0) is 62.8 Å². The summed E-state index contributed by atoms with van der Waals surface area (Å²) in [7, 11) is 3.34. The van der Waals surface area contributed by atoms with E-state index in [9.17, 15) is 9.59 Å². The average Bonchev–Trinajstić information content (AvgIpc) is 3.24. The molecule has 0 bridgehead atoms. The number of rotatable bonds is 6. The van der Waals surface area contributed by atoms with E-state index in [0.717, 1.165) is 50.0 Å². The van der Waals surface area contributed by atoms with Crippen molar-refractivity contribution in [1.82, 2.24) is 14.7 Å². The predicted octanol–water partition coefficient (Wildman–Crippen LogP) is 3.09. The molecule has 1 saturated heterocycles. The van der Waals surface area contributed by atoms with E-state index in [2.05, 4.69) is 5.10 Å². The van der Waals surface area contributed by atoms with Crippen molar-refractivity contribution in [3.8, 4) is 11.4 Å². The minimum atomic E-state index is -0.251. The van der Waals surface area contributed by atoms with Crippen LogP contribution in [0.15, 0.2) is 30.5 Å². The topological polar surface area (TPSA) is 99.7 Å². The summed E-state index contributed by atoms with van der Waals surface area (Å²) in [5.74, 6) is 0.985. The van der Waals surface area contributed by atoms with E-state index in [-0.39, 0.29) is 29.6 Å². The molecule has 1 aliphatic heterocycles. The molecule has 1 aliphatic carbocycles. The Hall–Kier alpha value is -2.87. The normalized spacial score (nSPS) is 23.7. The van der Waals surface area contributed by atoms with E-state index in [1.807, 2.05) is 29.2 Å². The number of nitrogens with two attached hydrogens (primary N) is 1. The number of anilines is 1. The van der Waals surface area contributed by atoms with Gasteiger partial charge in [-0.3, -0.25) is 9.59 Å². The first-order valence-electron chi connectivity index (χ1n) is 11.4. The third kappa shape index (κ3) is 4.50. The summed E-state index contributed by atoms with van der Waals surface area (Å²) in [5, 5.41) is 4.34. The summed E-state index contributed by atoms with van der Waals surface area (Å²) < 4.78 is 12.2. The maximum absolute atomic E-state index is 13.3. The largest absolute Gasteiger partial charge is 0.497 e. The van der Waals surface area contributed by atoms with E-state index < -0.39 is 0 Å². The number of methoxy groups -OCH3 is 2. The van der Waals surface area contributed by atoms with Gasteiger partial charge in [-0.2, -0.15) is 5.10 Å². The SMILES string of the molecule is COc1ccc(-n2ncc(C(=O)C3CCCN(C(=O)C4CCC(OC)CC4)C3)c2N)cc1. The zero-order chi connectivity index (χ0) is 22.7. The van der Waals surface area contributed by atoms with Gasteiger partial charge in [0.15, 0.2) is 5.78 Å². The van der Waals surface area contributed by atoms with Crippen LogP contribution in [-0.4, -0.2) is 59.8 Å². The van der Waals surface area contributed by atoms with Crippen LogP contribution < -0.4 is 10.5 Å². The minimum absolute atomic E-state index is 0.0390. The molecule has 2 heterocycles. The fraction of sp³-hybridized carbons (Fsp3) is 0.542. The summed E-state index contributed by atoms with van der Waals surface area (Å²) in [6.45, 7) is 1.17. The number of nitrogen functional groups attached to an aromatic ring is 1. The lowest BCUT2D eigenvalue weighted by Crippen LogP contribution is -2.45. The van der Waals surface area contributed by atoms with Crippen molar-refractivity contribution in [2.24, 2.45) is 11.8 Å². The second kappa shape index (κ2) is 9.73. The Morgan fingerprint density at radius 3 is 2.41 bits per heavy atom. The first-order valence-corrected chi connectivity index (χ1v) is 11.4. The molecule has 8 heteroatoms. The molecule has 2 fully saturated rings. The number of amides is 1. The fourth-order valence-corrected chi connectivity index (χ4v) is 4.89. The molecule has 32 heavy (non-hydrogen) atoms. The summed E-state index contributed by atoms with van der Waals surface area (Å²) >= 11 is 0. The van der Waals surface area contributed by atoms with Gasteiger partial charge < -0.3 is 20.1 Å². The summed E-state index contributed by atoms with van der Waals surface area (Å²) in [6.07, 6.45) is 6.93. The number of Topliss-reactive ketones (excluding diaryl/α,β-unsaturated/α-hetero) is 1. The number of aromatic nitrogens is 2. The number of likely N-dealkylation sites (tertiary alicyclic amines) is 1. The number of carbonyl (C=O) groups is 2. The first kappa shape index (κ1) is 22.3. The standard InChI is InChI=1S/C24H32N4O4/c1-31-19-9-5-16(6-10-19)24(30)27-13-3-4-17(15-27)22(29)21-14-26-28(23(21)25)18-7-11-20(32-2)12-8-18/h7-8,11-12,14,16-17,19H,3-6,9-10,13,15,25H2,1-2H3. The van der Waals surface area contributed by atoms with E-state index >= 15 is 0 Å². The number of hydrogen-bond donors (Lipinski definition) is 1. The van der Waals surface area contributed by atoms with Crippen LogP contribution in [0.1, 0.15) is 48.9 Å². The Kier molecular flexibility index (Phi) is 6.79. The molecule has 1 unspecified atom stereocenters. The van der Waals surface area contributed by atoms with Crippen molar-refractivity contribution in [3.63, 3.8) is 0 Å². The van der Waals surface area contributed by atoms with Crippen molar-refractivity contribution >= 4 is 17.5 Å². The van der Waals surface area contributed by atoms with Gasteiger partial charge in [-0.25, -0.2) is 4.68 Å². The molecule has 4 rings (SSSR count). The van der Waals surface area contributed by atoms with Crippen molar-refractivity contribution in [2.75, 3.05) is 33.0 Å². The number of ether oxygens (including phenoxy) is 2. The summed E-state index contributed by atoms with van der Waals surface area (Å²) in [5.41, 5.74) is 7.48. The van der Waals surface area contributed by atoms with Crippen LogP contribution >= 0.6 is 0 Å². The van der Waals surface area contributed by atoms with E-state index in [0.29, 0.717) is 24.5 Å². The second-order valence-corrected chi connectivity index (χ2v) is 8.75.